The average molecular weight is 367 g/mol. The Morgan fingerprint density at radius 3 is 1.59 bits per heavy atom. The molecule has 2 aromatic rings. The van der Waals surface area contributed by atoms with Crippen LogP contribution in [-0.4, -0.2) is 5.78 Å². The minimum Gasteiger partial charge on any atom is -0.300 e. The second-order valence-electron chi connectivity index (χ2n) is 8.68. The van der Waals surface area contributed by atoms with Crippen LogP contribution in [0, 0.1) is 13.8 Å². The average Bonchev–Trinajstić information content (AvgIpc) is 2.54. The first kappa shape index (κ1) is 23.1. The molecular formula is C26H38O. The van der Waals surface area contributed by atoms with E-state index in [1.54, 1.807) is 6.92 Å². The summed E-state index contributed by atoms with van der Waals surface area (Å²) in [5.41, 5.74) is 8.09. The summed E-state index contributed by atoms with van der Waals surface area (Å²) in [6.45, 7) is 19.2. The fourth-order valence-corrected chi connectivity index (χ4v) is 3.44. The SMILES string of the molecule is CC(=O)Cc1cc(C)ccc1C(C)C.Cc1ccc(C(C)C)c(C(C)C)c1. The molecule has 0 saturated heterocycles. The summed E-state index contributed by atoms with van der Waals surface area (Å²) in [7, 11) is 0. The normalized spacial score (nSPS) is 11.0. The van der Waals surface area contributed by atoms with E-state index in [1.165, 1.54) is 33.4 Å². The van der Waals surface area contributed by atoms with Crippen molar-refractivity contribution in [1.29, 1.82) is 0 Å². The molecule has 0 spiro atoms. The Kier molecular flexibility index (Phi) is 8.96. The molecule has 0 radical (unpaired) electrons. The maximum Gasteiger partial charge on any atom is 0.134 e. The molecule has 0 aliphatic heterocycles. The van der Waals surface area contributed by atoms with Crippen molar-refractivity contribution in [3.05, 3.63) is 69.8 Å². The molecule has 1 heteroatoms. The highest BCUT2D eigenvalue weighted by molar-refractivity contribution is 5.78. The van der Waals surface area contributed by atoms with Gasteiger partial charge in [0.05, 0.1) is 0 Å². The Morgan fingerprint density at radius 1 is 0.704 bits per heavy atom. The topological polar surface area (TPSA) is 17.1 Å². The van der Waals surface area contributed by atoms with Crippen molar-refractivity contribution in [2.24, 2.45) is 0 Å². The number of benzene rings is 2. The van der Waals surface area contributed by atoms with E-state index in [4.69, 9.17) is 0 Å². The van der Waals surface area contributed by atoms with Gasteiger partial charge in [-0.15, -0.1) is 0 Å². The van der Waals surface area contributed by atoms with Crippen molar-refractivity contribution in [3.8, 4) is 0 Å². The van der Waals surface area contributed by atoms with Crippen LogP contribution in [0.25, 0.3) is 0 Å². The number of carbonyl (C=O) groups is 1. The minimum absolute atomic E-state index is 0.234. The largest absolute Gasteiger partial charge is 0.300 e. The number of aryl methyl sites for hydroxylation is 2. The minimum atomic E-state index is 0.234. The van der Waals surface area contributed by atoms with Crippen molar-refractivity contribution in [3.63, 3.8) is 0 Å². The van der Waals surface area contributed by atoms with E-state index < -0.39 is 0 Å². The molecule has 148 valence electrons. The van der Waals surface area contributed by atoms with Crippen LogP contribution in [0.1, 0.15) is 99.6 Å². The molecule has 0 atom stereocenters. The van der Waals surface area contributed by atoms with Gasteiger partial charge in [0.1, 0.15) is 5.78 Å². The Bertz CT molecular complexity index is 751. The van der Waals surface area contributed by atoms with Crippen LogP contribution in [0.5, 0.6) is 0 Å². The highest BCUT2D eigenvalue weighted by Crippen LogP contribution is 2.26. The van der Waals surface area contributed by atoms with Crippen LogP contribution in [0.4, 0.5) is 0 Å². The summed E-state index contributed by atoms with van der Waals surface area (Å²) in [4.78, 5) is 11.1. The maximum absolute atomic E-state index is 11.1. The number of rotatable bonds is 5. The first-order valence-electron chi connectivity index (χ1n) is 10.2. The number of ketones is 1. The molecule has 0 saturated carbocycles. The summed E-state index contributed by atoms with van der Waals surface area (Å²) in [6.07, 6.45) is 0.565. The molecule has 1 nitrogen and oxygen atoms in total. The highest BCUT2D eigenvalue weighted by Gasteiger charge is 2.09. The molecule has 0 heterocycles. The molecule has 0 aliphatic carbocycles. The molecule has 27 heavy (non-hydrogen) atoms. The Balaban J connectivity index is 0.000000271. The lowest BCUT2D eigenvalue weighted by Crippen LogP contribution is -2.02. The number of Topliss-reactive ketones (excluding diaryl/α,β-unsaturated/α-hetero) is 1. The van der Waals surface area contributed by atoms with Gasteiger partial charge in [-0.05, 0) is 60.8 Å². The van der Waals surface area contributed by atoms with Crippen LogP contribution in [0.2, 0.25) is 0 Å². The van der Waals surface area contributed by atoms with Crippen LogP contribution >= 0.6 is 0 Å². The van der Waals surface area contributed by atoms with Gasteiger partial charge in [-0.25, -0.2) is 0 Å². The van der Waals surface area contributed by atoms with Crippen molar-refractivity contribution in [2.75, 3.05) is 0 Å². The summed E-state index contributed by atoms with van der Waals surface area (Å²) >= 11 is 0. The zero-order chi connectivity index (χ0) is 20.7. The van der Waals surface area contributed by atoms with Crippen molar-refractivity contribution in [1.82, 2.24) is 0 Å². The molecule has 0 N–H and O–H groups in total. The molecule has 0 aliphatic rings. The number of hydrogen-bond donors (Lipinski definition) is 0. The standard InChI is InChI=1S/C13H18O.C13H20/c1-9(2)13-6-5-10(3)7-12(13)8-11(4)14;1-9(2)12-7-6-11(5)8-13(12)10(3)4/h5-7,9H,8H2,1-4H3;6-10H,1-5H3. The third-order valence-corrected chi connectivity index (χ3v) is 4.85. The third kappa shape index (κ3) is 7.33. The monoisotopic (exact) mass is 366 g/mol. The van der Waals surface area contributed by atoms with Gasteiger partial charge in [-0.3, -0.25) is 4.79 Å². The van der Waals surface area contributed by atoms with E-state index in [2.05, 4.69) is 91.8 Å². The number of carbonyl (C=O) groups excluding carboxylic acids is 1. The molecular weight excluding hydrogens is 328 g/mol. The van der Waals surface area contributed by atoms with Gasteiger partial charge in [0.25, 0.3) is 0 Å². The van der Waals surface area contributed by atoms with Gasteiger partial charge in [0.2, 0.25) is 0 Å². The van der Waals surface area contributed by atoms with Gasteiger partial charge in [0, 0.05) is 6.42 Å². The van der Waals surface area contributed by atoms with Crippen LogP contribution < -0.4 is 0 Å². The lowest BCUT2D eigenvalue weighted by molar-refractivity contribution is -0.116. The van der Waals surface area contributed by atoms with Gasteiger partial charge in [0.15, 0.2) is 0 Å². The lowest BCUT2D eigenvalue weighted by Gasteiger charge is -2.16. The second kappa shape index (κ2) is 10.4. The fourth-order valence-electron chi connectivity index (χ4n) is 3.44. The van der Waals surface area contributed by atoms with E-state index >= 15 is 0 Å². The summed E-state index contributed by atoms with van der Waals surface area (Å²) in [5.74, 6) is 2.00. The summed E-state index contributed by atoms with van der Waals surface area (Å²) < 4.78 is 0. The first-order valence-corrected chi connectivity index (χ1v) is 10.2. The van der Waals surface area contributed by atoms with Gasteiger partial charge < -0.3 is 0 Å². The smallest absolute Gasteiger partial charge is 0.134 e. The first-order chi connectivity index (χ1) is 12.5. The predicted octanol–water partition coefficient (Wildman–Crippen LogP) is 7.49. The zero-order valence-corrected chi connectivity index (χ0v) is 18.8. The lowest BCUT2D eigenvalue weighted by atomic mass is 9.89. The molecule has 2 aromatic carbocycles. The summed E-state index contributed by atoms with van der Waals surface area (Å²) in [6, 6.07) is 13.2. The maximum atomic E-state index is 11.1. The summed E-state index contributed by atoms with van der Waals surface area (Å²) in [5, 5.41) is 0. The fraction of sp³-hybridized carbons (Fsp3) is 0.500. The highest BCUT2D eigenvalue weighted by atomic mass is 16.1. The van der Waals surface area contributed by atoms with E-state index in [0.717, 1.165) is 0 Å². The molecule has 0 fully saturated rings. The molecule has 2 rings (SSSR count). The van der Waals surface area contributed by atoms with E-state index in [1.807, 2.05) is 0 Å². The van der Waals surface area contributed by atoms with Gasteiger partial charge >= 0.3 is 0 Å². The van der Waals surface area contributed by atoms with Gasteiger partial charge in [-0.1, -0.05) is 89.1 Å². The van der Waals surface area contributed by atoms with Crippen molar-refractivity contribution >= 4 is 5.78 Å². The van der Waals surface area contributed by atoms with Crippen molar-refractivity contribution in [2.45, 2.75) is 86.5 Å². The Labute approximate surface area is 167 Å². The molecule has 0 amide bonds. The van der Waals surface area contributed by atoms with E-state index in [9.17, 15) is 4.79 Å². The van der Waals surface area contributed by atoms with Gasteiger partial charge in [-0.2, -0.15) is 0 Å². The van der Waals surface area contributed by atoms with Crippen LogP contribution in [0.15, 0.2) is 36.4 Å². The third-order valence-electron chi connectivity index (χ3n) is 4.85. The molecule has 0 aromatic heterocycles. The zero-order valence-electron chi connectivity index (χ0n) is 18.8. The number of hydrogen-bond acceptors (Lipinski definition) is 1. The van der Waals surface area contributed by atoms with E-state index in [0.29, 0.717) is 24.2 Å². The van der Waals surface area contributed by atoms with Crippen LogP contribution in [-0.2, 0) is 11.2 Å². The second-order valence-corrected chi connectivity index (χ2v) is 8.68. The van der Waals surface area contributed by atoms with E-state index in [-0.39, 0.29) is 5.78 Å². The molecule has 0 bridgehead atoms. The van der Waals surface area contributed by atoms with Crippen molar-refractivity contribution < 1.29 is 4.79 Å². The Hall–Kier alpha value is -1.89. The molecule has 0 unspecified atom stereocenters. The van der Waals surface area contributed by atoms with Crippen LogP contribution in [0.3, 0.4) is 0 Å². The Morgan fingerprint density at radius 2 is 1.15 bits per heavy atom. The quantitative estimate of drug-likeness (QED) is 0.535. The predicted molar refractivity (Wildman–Crippen MR) is 119 cm³/mol.